The third-order valence-electron chi connectivity index (χ3n) is 6.29. The number of aromatic hydroxyl groups is 1. The summed E-state index contributed by atoms with van der Waals surface area (Å²) in [6.45, 7) is 2.06. The number of carbonyl (C=O) groups is 2. The molecule has 1 saturated carbocycles. The topological polar surface area (TPSA) is 95.4 Å². The molecule has 1 aliphatic carbocycles. The molecule has 2 amide bonds. The van der Waals surface area contributed by atoms with Crippen LogP contribution in [0.25, 0.3) is 0 Å². The fourth-order valence-corrected chi connectivity index (χ4v) is 4.41. The molecule has 4 rings (SSSR count). The summed E-state index contributed by atoms with van der Waals surface area (Å²) in [6.07, 6.45) is 10.4. The highest BCUT2D eigenvalue weighted by Crippen LogP contribution is 2.31. The van der Waals surface area contributed by atoms with E-state index in [1.165, 1.54) is 42.0 Å². The minimum atomic E-state index is -0.940. The summed E-state index contributed by atoms with van der Waals surface area (Å²) in [7, 11) is 0. The van der Waals surface area contributed by atoms with Gasteiger partial charge in [0.05, 0.1) is 6.20 Å². The first-order chi connectivity index (χ1) is 16.6. The molecule has 0 spiro atoms. The molecule has 0 saturated heterocycles. The van der Waals surface area contributed by atoms with Crippen LogP contribution in [0.2, 0.25) is 0 Å². The molecule has 1 heterocycles. The second-order valence-electron chi connectivity index (χ2n) is 8.62. The number of rotatable bonds is 7. The lowest BCUT2D eigenvalue weighted by atomic mass is 9.94. The maximum atomic E-state index is 13.8. The third-order valence-corrected chi connectivity index (χ3v) is 6.29. The van der Waals surface area contributed by atoms with Gasteiger partial charge in [0.1, 0.15) is 17.5 Å². The molecule has 176 valence electrons. The van der Waals surface area contributed by atoms with E-state index in [1.54, 1.807) is 12.1 Å². The van der Waals surface area contributed by atoms with E-state index in [2.05, 4.69) is 22.2 Å². The summed E-state index contributed by atoms with van der Waals surface area (Å²) in [5.41, 5.74) is 2.47. The fraction of sp³-hybridized carbons (Fsp3) is 0.333. The largest absolute Gasteiger partial charge is 0.508 e. The Morgan fingerprint density at radius 2 is 1.74 bits per heavy atom. The molecule has 2 N–H and O–H groups in total. The van der Waals surface area contributed by atoms with Crippen molar-refractivity contribution in [3.05, 3.63) is 83.9 Å². The molecule has 0 bridgehead atoms. The van der Waals surface area contributed by atoms with Crippen molar-refractivity contribution in [2.24, 2.45) is 0 Å². The van der Waals surface area contributed by atoms with Crippen LogP contribution < -0.4 is 10.2 Å². The van der Waals surface area contributed by atoms with E-state index in [9.17, 15) is 14.7 Å². The average Bonchev–Trinajstić information content (AvgIpc) is 2.89. The molecule has 2 aromatic carbocycles. The van der Waals surface area contributed by atoms with Gasteiger partial charge in [0.2, 0.25) is 5.91 Å². The second kappa shape index (κ2) is 10.9. The number of aryl methyl sites for hydroxylation is 1. The molecule has 1 unspecified atom stereocenters. The van der Waals surface area contributed by atoms with E-state index >= 15 is 0 Å². The maximum absolute atomic E-state index is 13.8. The number of aromatic nitrogens is 2. The lowest BCUT2D eigenvalue weighted by Gasteiger charge is -2.33. The molecular weight excluding hydrogens is 428 g/mol. The predicted molar refractivity (Wildman–Crippen MR) is 131 cm³/mol. The molecule has 1 fully saturated rings. The van der Waals surface area contributed by atoms with Gasteiger partial charge in [-0.2, -0.15) is 0 Å². The molecule has 0 aliphatic heterocycles. The summed E-state index contributed by atoms with van der Waals surface area (Å²) >= 11 is 0. The number of hydrogen-bond acceptors (Lipinski definition) is 5. The first-order valence-corrected chi connectivity index (χ1v) is 11.8. The number of carbonyl (C=O) groups excluding carboxylic acids is 2. The highest BCUT2D eigenvalue weighted by atomic mass is 16.3. The second-order valence-corrected chi connectivity index (χ2v) is 8.62. The van der Waals surface area contributed by atoms with Crippen molar-refractivity contribution >= 4 is 17.5 Å². The molecule has 3 aromatic rings. The standard InChI is InChI=1S/C27H30N4O3/c1-2-19-8-12-22(13-9-19)31(27(34)24-18-28-16-17-29-24)25(20-10-14-23(32)15-11-20)26(33)30-21-6-4-3-5-7-21/h8-18,21,25,32H,2-7H2,1H3,(H,30,33). The van der Waals surface area contributed by atoms with Crippen LogP contribution >= 0.6 is 0 Å². The van der Waals surface area contributed by atoms with Crippen molar-refractivity contribution in [1.82, 2.24) is 15.3 Å². The van der Waals surface area contributed by atoms with Gasteiger partial charge >= 0.3 is 0 Å². The van der Waals surface area contributed by atoms with Crippen LogP contribution in [0.3, 0.4) is 0 Å². The van der Waals surface area contributed by atoms with Gasteiger partial charge in [-0.25, -0.2) is 4.98 Å². The van der Waals surface area contributed by atoms with Crippen molar-refractivity contribution in [2.75, 3.05) is 4.90 Å². The Morgan fingerprint density at radius 1 is 1.03 bits per heavy atom. The predicted octanol–water partition coefficient (Wildman–Crippen LogP) is 4.58. The van der Waals surface area contributed by atoms with Gasteiger partial charge in [0.25, 0.3) is 5.91 Å². The first kappa shape index (κ1) is 23.4. The van der Waals surface area contributed by atoms with Crippen LogP contribution in [-0.2, 0) is 11.2 Å². The van der Waals surface area contributed by atoms with E-state index in [0.29, 0.717) is 11.3 Å². The Kier molecular flexibility index (Phi) is 7.52. The zero-order valence-electron chi connectivity index (χ0n) is 19.4. The van der Waals surface area contributed by atoms with E-state index in [4.69, 9.17) is 0 Å². The van der Waals surface area contributed by atoms with Crippen molar-refractivity contribution in [3.63, 3.8) is 0 Å². The quantitative estimate of drug-likeness (QED) is 0.540. The SMILES string of the molecule is CCc1ccc(N(C(=O)c2cnccn2)C(C(=O)NC2CCCCC2)c2ccc(O)cc2)cc1. The normalized spacial score (nSPS) is 14.9. The van der Waals surface area contributed by atoms with E-state index in [0.717, 1.165) is 37.7 Å². The molecule has 34 heavy (non-hydrogen) atoms. The molecule has 1 aromatic heterocycles. The summed E-state index contributed by atoms with van der Waals surface area (Å²) in [6, 6.07) is 13.2. The highest BCUT2D eigenvalue weighted by Gasteiger charge is 2.35. The monoisotopic (exact) mass is 458 g/mol. The minimum Gasteiger partial charge on any atom is -0.508 e. The van der Waals surface area contributed by atoms with Crippen LogP contribution in [0, 0.1) is 0 Å². The van der Waals surface area contributed by atoms with Gasteiger partial charge in [0, 0.05) is 24.1 Å². The number of amides is 2. The lowest BCUT2D eigenvalue weighted by Crippen LogP contribution is -2.47. The number of hydrogen-bond donors (Lipinski definition) is 2. The van der Waals surface area contributed by atoms with E-state index in [1.807, 2.05) is 24.3 Å². The third kappa shape index (κ3) is 5.42. The van der Waals surface area contributed by atoms with Gasteiger partial charge in [-0.05, 0) is 54.7 Å². The molecule has 1 aliphatic rings. The van der Waals surface area contributed by atoms with Crippen LogP contribution in [0.4, 0.5) is 5.69 Å². The van der Waals surface area contributed by atoms with Crippen LogP contribution in [0.1, 0.15) is 66.7 Å². The zero-order chi connectivity index (χ0) is 23.9. The molecular formula is C27H30N4O3. The molecule has 7 nitrogen and oxygen atoms in total. The van der Waals surface area contributed by atoms with Crippen molar-refractivity contribution < 1.29 is 14.7 Å². The number of phenolic OH excluding ortho intramolecular Hbond substituents is 1. The Hall–Kier alpha value is -3.74. The van der Waals surface area contributed by atoms with Crippen molar-refractivity contribution in [3.8, 4) is 5.75 Å². The average molecular weight is 459 g/mol. The summed E-state index contributed by atoms with van der Waals surface area (Å²) in [4.78, 5) is 37.3. The molecule has 1 atom stereocenters. The van der Waals surface area contributed by atoms with Crippen LogP contribution in [-0.4, -0.2) is 32.9 Å². The maximum Gasteiger partial charge on any atom is 0.279 e. The summed E-state index contributed by atoms with van der Waals surface area (Å²) in [5.74, 6) is -0.585. The number of nitrogens with one attached hydrogen (secondary N) is 1. The van der Waals surface area contributed by atoms with Crippen molar-refractivity contribution in [1.29, 1.82) is 0 Å². The van der Waals surface area contributed by atoms with Crippen LogP contribution in [0.15, 0.2) is 67.1 Å². The van der Waals surface area contributed by atoms with Crippen LogP contribution in [0.5, 0.6) is 5.75 Å². The lowest BCUT2D eigenvalue weighted by molar-refractivity contribution is -0.123. The Balaban J connectivity index is 1.79. The minimum absolute atomic E-state index is 0.0804. The Labute approximate surface area is 199 Å². The smallest absolute Gasteiger partial charge is 0.279 e. The first-order valence-electron chi connectivity index (χ1n) is 11.8. The van der Waals surface area contributed by atoms with Gasteiger partial charge in [-0.3, -0.25) is 19.5 Å². The van der Waals surface area contributed by atoms with Crippen molar-refractivity contribution in [2.45, 2.75) is 57.5 Å². The number of anilines is 1. The highest BCUT2D eigenvalue weighted by molar-refractivity contribution is 6.09. The number of phenols is 1. The van der Waals surface area contributed by atoms with Gasteiger partial charge < -0.3 is 10.4 Å². The number of benzene rings is 2. The Bertz CT molecular complexity index is 1090. The molecule has 0 radical (unpaired) electrons. The zero-order valence-corrected chi connectivity index (χ0v) is 19.4. The Morgan fingerprint density at radius 3 is 2.35 bits per heavy atom. The van der Waals surface area contributed by atoms with E-state index in [-0.39, 0.29) is 23.4 Å². The van der Waals surface area contributed by atoms with Gasteiger partial charge in [-0.15, -0.1) is 0 Å². The fourth-order valence-electron chi connectivity index (χ4n) is 4.41. The molecule has 7 heteroatoms. The summed E-state index contributed by atoms with van der Waals surface area (Å²) < 4.78 is 0. The number of nitrogens with zero attached hydrogens (tertiary/aromatic N) is 3. The van der Waals surface area contributed by atoms with Gasteiger partial charge in [0.15, 0.2) is 0 Å². The van der Waals surface area contributed by atoms with E-state index < -0.39 is 11.9 Å². The van der Waals surface area contributed by atoms with Gasteiger partial charge in [-0.1, -0.05) is 50.5 Å². The summed E-state index contributed by atoms with van der Waals surface area (Å²) in [5, 5.41) is 13.0.